The zero-order chi connectivity index (χ0) is 15.2. The molecule has 0 radical (unpaired) electrons. The third-order valence-electron chi connectivity index (χ3n) is 3.21. The molecule has 110 valence electrons. The molecule has 0 aliphatic heterocycles. The van der Waals surface area contributed by atoms with Gasteiger partial charge >= 0.3 is 0 Å². The second-order valence-electron chi connectivity index (χ2n) is 4.87. The van der Waals surface area contributed by atoms with Gasteiger partial charge in [-0.25, -0.2) is 0 Å². The minimum atomic E-state index is -0.00634. The van der Waals surface area contributed by atoms with Gasteiger partial charge in [-0.05, 0) is 37.1 Å². The standard InChI is InChI=1S/C17H18ClNOS/c1-12-8-9-15(18)10-16(12)19-17(20)11-21-13(2)14-6-4-3-5-7-14/h3-10,13H,11H2,1-2H3,(H,19,20)/t13-/m1/s1. The lowest BCUT2D eigenvalue weighted by molar-refractivity contribution is -0.113. The van der Waals surface area contributed by atoms with E-state index in [4.69, 9.17) is 11.6 Å². The van der Waals surface area contributed by atoms with Crippen LogP contribution in [0.25, 0.3) is 0 Å². The molecule has 21 heavy (non-hydrogen) atoms. The average molecular weight is 320 g/mol. The molecule has 0 aliphatic carbocycles. The van der Waals surface area contributed by atoms with E-state index in [0.717, 1.165) is 11.3 Å². The van der Waals surface area contributed by atoms with Crippen molar-refractivity contribution in [2.75, 3.05) is 11.1 Å². The molecule has 0 bridgehead atoms. The van der Waals surface area contributed by atoms with Crippen LogP contribution in [0.3, 0.4) is 0 Å². The molecule has 2 aromatic carbocycles. The van der Waals surface area contributed by atoms with Crippen molar-refractivity contribution in [1.29, 1.82) is 0 Å². The number of hydrogen-bond acceptors (Lipinski definition) is 2. The number of benzene rings is 2. The molecule has 0 saturated heterocycles. The Kier molecular flexibility index (Phi) is 5.71. The molecule has 0 saturated carbocycles. The first-order chi connectivity index (χ1) is 10.1. The van der Waals surface area contributed by atoms with E-state index in [2.05, 4.69) is 24.4 Å². The van der Waals surface area contributed by atoms with E-state index < -0.39 is 0 Å². The Morgan fingerprint density at radius 3 is 2.67 bits per heavy atom. The maximum absolute atomic E-state index is 12.0. The quantitative estimate of drug-likeness (QED) is 0.832. The fourth-order valence-electron chi connectivity index (χ4n) is 1.94. The van der Waals surface area contributed by atoms with E-state index in [1.807, 2.05) is 37.3 Å². The summed E-state index contributed by atoms with van der Waals surface area (Å²) in [6, 6.07) is 15.7. The van der Waals surface area contributed by atoms with Gasteiger partial charge in [-0.15, -0.1) is 11.8 Å². The third kappa shape index (κ3) is 4.80. The largest absolute Gasteiger partial charge is 0.325 e. The highest BCUT2D eigenvalue weighted by Gasteiger charge is 2.10. The summed E-state index contributed by atoms with van der Waals surface area (Å²) in [7, 11) is 0. The number of anilines is 1. The summed E-state index contributed by atoms with van der Waals surface area (Å²) >= 11 is 7.57. The predicted octanol–water partition coefficient (Wildman–Crippen LogP) is 5.08. The van der Waals surface area contributed by atoms with Crippen molar-refractivity contribution >= 4 is 35.0 Å². The highest BCUT2D eigenvalue weighted by Crippen LogP contribution is 2.28. The predicted molar refractivity (Wildman–Crippen MR) is 92.1 cm³/mol. The zero-order valence-electron chi connectivity index (χ0n) is 12.1. The highest BCUT2D eigenvalue weighted by molar-refractivity contribution is 8.00. The SMILES string of the molecule is Cc1ccc(Cl)cc1NC(=O)CS[C@H](C)c1ccccc1. The van der Waals surface area contributed by atoms with Gasteiger partial charge in [0.2, 0.25) is 5.91 Å². The second kappa shape index (κ2) is 7.53. The van der Waals surface area contributed by atoms with Crippen LogP contribution in [0, 0.1) is 6.92 Å². The van der Waals surface area contributed by atoms with Gasteiger partial charge in [0.05, 0.1) is 5.75 Å². The van der Waals surface area contributed by atoms with E-state index in [-0.39, 0.29) is 11.2 Å². The lowest BCUT2D eigenvalue weighted by atomic mass is 10.2. The van der Waals surface area contributed by atoms with Crippen molar-refractivity contribution in [2.24, 2.45) is 0 Å². The number of nitrogens with one attached hydrogen (secondary N) is 1. The van der Waals surface area contributed by atoms with E-state index in [9.17, 15) is 4.79 Å². The minimum Gasteiger partial charge on any atom is -0.325 e. The number of carbonyl (C=O) groups excluding carboxylic acids is 1. The normalized spacial score (nSPS) is 12.0. The van der Waals surface area contributed by atoms with Crippen molar-refractivity contribution in [3.63, 3.8) is 0 Å². The first-order valence-electron chi connectivity index (χ1n) is 6.79. The number of thioether (sulfide) groups is 1. The Morgan fingerprint density at radius 2 is 1.95 bits per heavy atom. The molecular weight excluding hydrogens is 302 g/mol. The van der Waals surface area contributed by atoms with Crippen LogP contribution in [0.5, 0.6) is 0 Å². The maximum atomic E-state index is 12.0. The fraction of sp³-hybridized carbons (Fsp3) is 0.235. The van der Waals surface area contributed by atoms with E-state index in [1.165, 1.54) is 5.56 Å². The van der Waals surface area contributed by atoms with Crippen molar-refractivity contribution in [3.8, 4) is 0 Å². The number of aryl methyl sites for hydroxylation is 1. The van der Waals surface area contributed by atoms with Gasteiger partial charge in [0.1, 0.15) is 0 Å². The van der Waals surface area contributed by atoms with Gasteiger partial charge in [-0.3, -0.25) is 4.79 Å². The van der Waals surface area contributed by atoms with Crippen LogP contribution in [0.15, 0.2) is 48.5 Å². The smallest absolute Gasteiger partial charge is 0.234 e. The van der Waals surface area contributed by atoms with E-state index in [1.54, 1.807) is 17.8 Å². The summed E-state index contributed by atoms with van der Waals surface area (Å²) in [5.41, 5.74) is 3.02. The average Bonchev–Trinajstić information content (AvgIpc) is 2.49. The number of halogens is 1. The lowest BCUT2D eigenvalue weighted by Gasteiger charge is -2.12. The van der Waals surface area contributed by atoms with Crippen molar-refractivity contribution in [3.05, 3.63) is 64.7 Å². The summed E-state index contributed by atoms with van der Waals surface area (Å²) in [6.45, 7) is 4.06. The summed E-state index contributed by atoms with van der Waals surface area (Å²) in [6.07, 6.45) is 0. The van der Waals surface area contributed by atoms with Gasteiger partial charge in [0.15, 0.2) is 0 Å². The molecule has 1 N–H and O–H groups in total. The molecule has 0 aliphatic rings. The molecule has 0 unspecified atom stereocenters. The van der Waals surface area contributed by atoms with Gasteiger partial charge < -0.3 is 5.32 Å². The van der Waals surface area contributed by atoms with Crippen LogP contribution >= 0.6 is 23.4 Å². The summed E-state index contributed by atoms with van der Waals surface area (Å²) in [4.78, 5) is 12.0. The van der Waals surface area contributed by atoms with Crippen LogP contribution in [0.4, 0.5) is 5.69 Å². The van der Waals surface area contributed by atoms with Gasteiger partial charge in [-0.2, -0.15) is 0 Å². The van der Waals surface area contributed by atoms with Gasteiger partial charge in [0.25, 0.3) is 0 Å². The molecule has 0 aromatic heterocycles. The number of carbonyl (C=O) groups is 1. The number of hydrogen-bond donors (Lipinski definition) is 1. The number of rotatable bonds is 5. The topological polar surface area (TPSA) is 29.1 Å². The first kappa shape index (κ1) is 15.9. The molecular formula is C17H18ClNOS. The third-order valence-corrected chi connectivity index (χ3v) is 4.64. The van der Waals surface area contributed by atoms with Crippen LogP contribution in [0.1, 0.15) is 23.3 Å². The lowest BCUT2D eigenvalue weighted by Crippen LogP contribution is -2.15. The van der Waals surface area contributed by atoms with Crippen molar-refractivity contribution in [2.45, 2.75) is 19.1 Å². The molecule has 0 fully saturated rings. The van der Waals surface area contributed by atoms with Crippen molar-refractivity contribution < 1.29 is 4.79 Å². The molecule has 2 rings (SSSR count). The maximum Gasteiger partial charge on any atom is 0.234 e. The molecule has 2 nitrogen and oxygen atoms in total. The Balaban J connectivity index is 1.89. The first-order valence-corrected chi connectivity index (χ1v) is 8.21. The van der Waals surface area contributed by atoms with Crippen LogP contribution in [0.2, 0.25) is 5.02 Å². The Labute approximate surface area is 134 Å². The highest BCUT2D eigenvalue weighted by atomic mass is 35.5. The fourth-order valence-corrected chi connectivity index (χ4v) is 2.93. The van der Waals surface area contributed by atoms with E-state index >= 15 is 0 Å². The Morgan fingerprint density at radius 1 is 1.24 bits per heavy atom. The molecule has 1 atom stereocenters. The Hall–Kier alpha value is -1.45. The molecule has 1 amide bonds. The van der Waals surface area contributed by atoms with Crippen molar-refractivity contribution in [1.82, 2.24) is 0 Å². The van der Waals surface area contributed by atoms with Crippen LogP contribution in [-0.2, 0) is 4.79 Å². The summed E-state index contributed by atoms with van der Waals surface area (Å²) in [5, 5.41) is 3.83. The molecule has 4 heteroatoms. The summed E-state index contributed by atoms with van der Waals surface area (Å²) in [5.74, 6) is 0.412. The minimum absolute atomic E-state index is 0.00634. The van der Waals surface area contributed by atoms with E-state index in [0.29, 0.717) is 10.8 Å². The Bertz CT molecular complexity index is 615. The second-order valence-corrected chi connectivity index (χ2v) is 6.64. The zero-order valence-corrected chi connectivity index (χ0v) is 13.7. The summed E-state index contributed by atoms with van der Waals surface area (Å²) < 4.78 is 0. The monoisotopic (exact) mass is 319 g/mol. The van der Waals surface area contributed by atoms with Crippen LogP contribution in [-0.4, -0.2) is 11.7 Å². The van der Waals surface area contributed by atoms with Gasteiger partial charge in [-0.1, -0.05) is 48.0 Å². The molecule has 2 aromatic rings. The van der Waals surface area contributed by atoms with Crippen LogP contribution < -0.4 is 5.32 Å². The molecule has 0 spiro atoms. The number of amides is 1. The molecule has 0 heterocycles. The van der Waals surface area contributed by atoms with Gasteiger partial charge in [0, 0.05) is 16.0 Å².